The van der Waals surface area contributed by atoms with Crippen LogP contribution < -0.4 is 0 Å². The summed E-state index contributed by atoms with van der Waals surface area (Å²) in [6.45, 7) is 0. The summed E-state index contributed by atoms with van der Waals surface area (Å²) in [6, 6.07) is 131. The van der Waals surface area contributed by atoms with Crippen LogP contribution >= 0.6 is 0 Å². The molecule has 0 bridgehead atoms. The summed E-state index contributed by atoms with van der Waals surface area (Å²) >= 11 is 0. The van der Waals surface area contributed by atoms with Crippen molar-refractivity contribution in [3.8, 4) is 158 Å². The highest BCUT2D eigenvalue weighted by atomic mass is 15.0. The minimum Gasteiger partial charge on any atom is -0.265 e. The minimum atomic E-state index is 0.641. The Balaban J connectivity index is 0.000000158. The summed E-state index contributed by atoms with van der Waals surface area (Å²) in [5.74, 6) is 3.90. The summed E-state index contributed by atoms with van der Waals surface area (Å²) < 4.78 is 0. The molecule has 0 N–H and O–H groups in total. The molecular formula is C96H64N8. The monoisotopic (exact) mass is 1330 g/mol. The molecule has 0 aliphatic carbocycles. The fourth-order valence-corrected chi connectivity index (χ4v) is 13.5. The molecule has 8 nitrogen and oxygen atoms in total. The van der Waals surface area contributed by atoms with Crippen LogP contribution in [-0.4, -0.2) is 39.9 Å². The number of aromatic nitrogens is 8. The van der Waals surface area contributed by atoms with E-state index < -0.39 is 0 Å². The van der Waals surface area contributed by atoms with Crippen LogP contribution in [0, 0.1) is 0 Å². The Kier molecular flexibility index (Phi) is 17.7. The van der Waals surface area contributed by atoms with Crippen molar-refractivity contribution in [2.45, 2.75) is 0 Å². The van der Waals surface area contributed by atoms with Crippen molar-refractivity contribution in [1.82, 2.24) is 39.9 Å². The number of benzene rings is 14. The predicted octanol–water partition coefficient (Wildman–Crippen LogP) is 24.2. The summed E-state index contributed by atoms with van der Waals surface area (Å²) in [6.07, 6.45) is 3.66. The van der Waals surface area contributed by atoms with Gasteiger partial charge in [0.15, 0.2) is 34.9 Å². The van der Waals surface area contributed by atoms with Gasteiger partial charge in [0.05, 0.1) is 11.4 Å². The van der Waals surface area contributed by atoms with Gasteiger partial charge in [-0.2, -0.15) is 0 Å². The van der Waals surface area contributed by atoms with E-state index in [1.165, 1.54) is 60.5 Å². The van der Waals surface area contributed by atoms with Gasteiger partial charge < -0.3 is 0 Å². The lowest BCUT2D eigenvalue weighted by molar-refractivity contribution is 1.07. The molecule has 488 valence electrons. The Bertz CT molecular complexity index is 5630. The van der Waals surface area contributed by atoms with E-state index >= 15 is 0 Å². The van der Waals surface area contributed by atoms with Crippen LogP contribution in [-0.2, 0) is 0 Å². The quantitative estimate of drug-likeness (QED) is 0.106. The highest BCUT2D eigenvalue weighted by Crippen LogP contribution is 2.40. The van der Waals surface area contributed by atoms with Crippen molar-refractivity contribution < 1.29 is 0 Å². The zero-order chi connectivity index (χ0) is 69.4. The van der Waals surface area contributed by atoms with Crippen LogP contribution in [0.1, 0.15) is 0 Å². The number of hydrogen-bond acceptors (Lipinski definition) is 8. The van der Waals surface area contributed by atoms with Crippen LogP contribution in [0.15, 0.2) is 389 Å². The third kappa shape index (κ3) is 13.5. The van der Waals surface area contributed by atoms with Gasteiger partial charge in [-0.25, -0.2) is 34.9 Å². The lowest BCUT2D eigenvalue weighted by Crippen LogP contribution is -2.00. The molecule has 4 heterocycles. The molecule has 0 amide bonds. The van der Waals surface area contributed by atoms with E-state index in [1.54, 1.807) is 0 Å². The van der Waals surface area contributed by atoms with Gasteiger partial charge in [-0.05, 0) is 113 Å². The van der Waals surface area contributed by atoms with Gasteiger partial charge in [0, 0.05) is 56.9 Å². The van der Waals surface area contributed by atoms with E-state index in [4.69, 9.17) is 34.9 Å². The predicted molar refractivity (Wildman–Crippen MR) is 426 cm³/mol. The molecule has 0 radical (unpaired) electrons. The average molecular weight is 1330 g/mol. The second-order valence-electron chi connectivity index (χ2n) is 25.4. The third-order valence-corrected chi connectivity index (χ3v) is 18.9. The molecule has 18 aromatic rings. The standard InChI is InChI=1S/C54H36N4.C42H28N4/c1-5-15-40(16-6-1)50-35-45(36-51(55-50)41-17-7-2-8-18-41)37-27-29-38(30-28-37)46-23-13-26-49-47(24-14-25-48(46)49)39-31-33-44(34-32-39)54-57-52(42-19-9-3-10-20-42)56-53(58-54)43-21-11-4-12-22-43;1-3-9-33(10-4-1)40-44-41(34-11-5-2-6-12-34)46-42(45-40)35-23-21-32(22-24-35)37-14-8-15-38-36(13-7-16-39(37)38)31-19-17-29(18-20-31)30-25-27-43-28-26-30/h1-36H;1-28H. The maximum atomic E-state index is 5.07. The Hall–Kier alpha value is -14.1. The smallest absolute Gasteiger partial charge is 0.164 e. The fourth-order valence-electron chi connectivity index (χ4n) is 13.5. The maximum absolute atomic E-state index is 5.07. The molecule has 18 rings (SSSR count). The van der Waals surface area contributed by atoms with E-state index in [0.717, 1.165) is 83.7 Å². The number of hydrogen-bond donors (Lipinski definition) is 0. The van der Waals surface area contributed by atoms with Crippen LogP contribution in [0.4, 0.5) is 0 Å². The molecule has 14 aromatic carbocycles. The summed E-state index contributed by atoms with van der Waals surface area (Å²) in [5.41, 5.74) is 23.8. The van der Waals surface area contributed by atoms with Crippen molar-refractivity contribution >= 4 is 21.5 Å². The van der Waals surface area contributed by atoms with Crippen molar-refractivity contribution in [2.75, 3.05) is 0 Å². The van der Waals surface area contributed by atoms with Crippen molar-refractivity contribution in [1.29, 1.82) is 0 Å². The first-order valence-electron chi connectivity index (χ1n) is 34.8. The molecule has 0 aliphatic rings. The average Bonchev–Trinajstić information content (AvgIpc) is 0.781. The first-order valence-corrected chi connectivity index (χ1v) is 34.8. The highest BCUT2D eigenvalue weighted by Gasteiger charge is 2.18. The zero-order valence-corrected chi connectivity index (χ0v) is 56.5. The number of nitrogens with zero attached hydrogens (tertiary/aromatic N) is 8. The molecule has 8 heteroatoms. The third-order valence-electron chi connectivity index (χ3n) is 18.9. The zero-order valence-electron chi connectivity index (χ0n) is 56.5. The molecule has 0 saturated carbocycles. The molecule has 104 heavy (non-hydrogen) atoms. The number of pyridine rings is 2. The first-order chi connectivity index (χ1) is 51.5. The van der Waals surface area contributed by atoms with Crippen molar-refractivity contribution in [3.63, 3.8) is 0 Å². The Morgan fingerprint density at radius 1 is 0.135 bits per heavy atom. The van der Waals surface area contributed by atoms with E-state index in [1.807, 2.05) is 158 Å². The Labute approximate surface area is 603 Å². The largest absolute Gasteiger partial charge is 0.265 e. The van der Waals surface area contributed by atoms with Crippen LogP contribution in [0.2, 0.25) is 0 Å². The summed E-state index contributed by atoms with van der Waals surface area (Å²) in [4.78, 5) is 38.6. The molecule has 0 atom stereocenters. The minimum absolute atomic E-state index is 0.641. The lowest BCUT2D eigenvalue weighted by atomic mass is 9.92. The van der Waals surface area contributed by atoms with Crippen LogP contribution in [0.5, 0.6) is 0 Å². The Morgan fingerprint density at radius 3 is 0.615 bits per heavy atom. The van der Waals surface area contributed by atoms with Gasteiger partial charge in [0.25, 0.3) is 0 Å². The lowest BCUT2D eigenvalue weighted by Gasteiger charge is -2.13. The molecular weight excluding hydrogens is 1270 g/mol. The normalized spacial score (nSPS) is 11.1. The topological polar surface area (TPSA) is 103 Å². The molecule has 0 aliphatic heterocycles. The summed E-state index contributed by atoms with van der Waals surface area (Å²) in [7, 11) is 0. The van der Waals surface area contributed by atoms with Crippen LogP contribution in [0.3, 0.4) is 0 Å². The van der Waals surface area contributed by atoms with E-state index in [2.05, 4.69) is 236 Å². The fraction of sp³-hybridized carbons (Fsp3) is 0. The van der Waals surface area contributed by atoms with Crippen LogP contribution in [0.25, 0.3) is 179 Å². The number of fused-ring (bicyclic) bond motifs is 2. The Morgan fingerprint density at radius 2 is 0.346 bits per heavy atom. The van der Waals surface area contributed by atoms with Gasteiger partial charge in [0.1, 0.15) is 0 Å². The van der Waals surface area contributed by atoms with Crippen molar-refractivity contribution in [2.24, 2.45) is 0 Å². The molecule has 4 aromatic heterocycles. The highest BCUT2D eigenvalue weighted by molar-refractivity contribution is 6.06. The molecule has 0 fully saturated rings. The molecule has 0 unspecified atom stereocenters. The van der Waals surface area contributed by atoms with Gasteiger partial charge in [-0.1, -0.05) is 352 Å². The molecule has 0 spiro atoms. The van der Waals surface area contributed by atoms with Crippen molar-refractivity contribution in [3.05, 3.63) is 389 Å². The van der Waals surface area contributed by atoms with Gasteiger partial charge in [-0.15, -0.1) is 0 Å². The van der Waals surface area contributed by atoms with Gasteiger partial charge in [-0.3, -0.25) is 4.98 Å². The molecule has 0 saturated heterocycles. The SMILES string of the molecule is c1ccc(-c2cc(-c3ccc(-c4cccc5c(-c6ccc(-c7nc(-c8ccccc8)nc(-c8ccccc8)n7)cc6)cccc45)cc3)cc(-c3ccccc3)n2)cc1.c1ccc(-c2nc(-c3ccccc3)nc(-c3ccc(-c4cccc5c(-c6ccc(-c7ccncc7)cc6)cccc45)cc3)n2)cc1. The summed E-state index contributed by atoms with van der Waals surface area (Å²) in [5, 5.41) is 4.84. The van der Waals surface area contributed by atoms with E-state index in [-0.39, 0.29) is 0 Å². The maximum Gasteiger partial charge on any atom is 0.164 e. The van der Waals surface area contributed by atoms with E-state index in [0.29, 0.717) is 34.9 Å². The second kappa shape index (κ2) is 29.0. The van der Waals surface area contributed by atoms with E-state index in [9.17, 15) is 0 Å². The number of rotatable bonds is 14. The first kappa shape index (κ1) is 63.4. The second-order valence-corrected chi connectivity index (χ2v) is 25.4. The van der Waals surface area contributed by atoms with Gasteiger partial charge in [0.2, 0.25) is 0 Å². The van der Waals surface area contributed by atoms with Gasteiger partial charge >= 0.3 is 0 Å².